The summed E-state index contributed by atoms with van der Waals surface area (Å²) >= 11 is 0. The highest BCUT2D eigenvalue weighted by atomic mass is 16.5. The normalized spacial score (nSPS) is 15.7. The van der Waals surface area contributed by atoms with Crippen molar-refractivity contribution < 1.29 is 9.53 Å². The van der Waals surface area contributed by atoms with E-state index in [-0.39, 0.29) is 18.5 Å². The number of rotatable bonds is 8. The molecule has 2 rings (SSSR count). The summed E-state index contributed by atoms with van der Waals surface area (Å²) in [5.41, 5.74) is 1.13. The number of methoxy groups -OCH3 is 1. The molecule has 1 saturated carbocycles. The second kappa shape index (κ2) is 9.27. The summed E-state index contributed by atoms with van der Waals surface area (Å²) in [5.74, 6) is 1.29. The molecule has 0 spiro atoms. The van der Waals surface area contributed by atoms with Crippen LogP contribution in [0.3, 0.4) is 0 Å². The Morgan fingerprint density at radius 1 is 1.33 bits per heavy atom. The number of benzene rings is 1. The summed E-state index contributed by atoms with van der Waals surface area (Å²) in [7, 11) is 5.20. The molecule has 0 saturated heterocycles. The van der Waals surface area contributed by atoms with Gasteiger partial charge in [-0.3, -0.25) is 4.79 Å². The van der Waals surface area contributed by atoms with Gasteiger partial charge in [-0.15, -0.1) is 0 Å². The van der Waals surface area contributed by atoms with Gasteiger partial charge in [0, 0.05) is 21.2 Å². The quantitative estimate of drug-likeness (QED) is 0.555. The molecule has 0 bridgehead atoms. The molecule has 0 aromatic heterocycles. The number of ether oxygens (including phenoxy) is 1. The standard InChI is InChI=1S/C18H28N4O2/c1-22(2)17(23)12-20-18(19-11-14-7-5-4-6-8-14)21-16(13-24-3)15-9-10-15/h4-8,15-16H,9-13H2,1-3H3,(H2,19,20,21). The Balaban J connectivity index is 2.00. The van der Waals surface area contributed by atoms with E-state index in [9.17, 15) is 4.79 Å². The van der Waals surface area contributed by atoms with Crippen LogP contribution in [-0.2, 0) is 16.1 Å². The van der Waals surface area contributed by atoms with Crippen molar-refractivity contribution in [2.45, 2.75) is 25.4 Å². The van der Waals surface area contributed by atoms with Gasteiger partial charge in [-0.2, -0.15) is 0 Å². The molecule has 1 atom stereocenters. The van der Waals surface area contributed by atoms with Crippen molar-refractivity contribution in [3.8, 4) is 0 Å². The summed E-state index contributed by atoms with van der Waals surface area (Å²) in [6.07, 6.45) is 2.42. The topological polar surface area (TPSA) is 66.0 Å². The lowest BCUT2D eigenvalue weighted by Crippen LogP contribution is -2.48. The van der Waals surface area contributed by atoms with Gasteiger partial charge in [-0.25, -0.2) is 4.99 Å². The van der Waals surface area contributed by atoms with E-state index in [1.165, 1.54) is 12.8 Å². The third kappa shape index (κ3) is 6.20. The second-order valence-corrected chi connectivity index (χ2v) is 6.34. The third-order valence-corrected chi connectivity index (χ3v) is 4.03. The molecule has 1 aliphatic carbocycles. The fourth-order valence-corrected chi connectivity index (χ4v) is 2.37. The number of amides is 1. The predicted molar refractivity (Wildman–Crippen MR) is 95.8 cm³/mol. The highest BCUT2D eigenvalue weighted by Crippen LogP contribution is 2.32. The van der Waals surface area contributed by atoms with Gasteiger partial charge in [0.1, 0.15) is 0 Å². The van der Waals surface area contributed by atoms with Crippen molar-refractivity contribution in [2.75, 3.05) is 34.4 Å². The number of aliphatic imine (C=N–C) groups is 1. The first-order valence-corrected chi connectivity index (χ1v) is 8.38. The Hall–Kier alpha value is -2.08. The van der Waals surface area contributed by atoms with Crippen LogP contribution in [0.2, 0.25) is 0 Å². The molecule has 0 heterocycles. The number of carbonyl (C=O) groups is 1. The fraction of sp³-hybridized carbons (Fsp3) is 0.556. The minimum Gasteiger partial charge on any atom is -0.383 e. The molecule has 1 fully saturated rings. The van der Waals surface area contributed by atoms with Crippen LogP contribution in [0.1, 0.15) is 18.4 Å². The number of guanidine groups is 1. The number of hydrogen-bond acceptors (Lipinski definition) is 3. The fourth-order valence-electron chi connectivity index (χ4n) is 2.37. The van der Waals surface area contributed by atoms with Crippen molar-refractivity contribution in [3.05, 3.63) is 35.9 Å². The number of nitrogens with zero attached hydrogens (tertiary/aromatic N) is 2. The molecule has 1 aromatic carbocycles. The van der Waals surface area contributed by atoms with Gasteiger partial charge < -0.3 is 20.3 Å². The maximum atomic E-state index is 11.8. The van der Waals surface area contributed by atoms with Gasteiger partial charge in [0.15, 0.2) is 5.96 Å². The monoisotopic (exact) mass is 332 g/mol. The van der Waals surface area contributed by atoms with E-state index in [1.54, 1.807) is 26.1 Å². The first kappa shape index (κ1) is 18.3. The van der Waals surface area contributed by atoms with Crippen molar-refractivity contribution >= 4 is 11.9 Å². The van der Waals surface area contributed by atoms with Gasteiger partial charge in [-0.05, 0) is 24.3 Å². The summed E-state index contributed by atoms with van der Waals surface area (Å²) in [6.45, 7) is 1.42. The van der Waals surface area contributed by atoms with Crippen LogP contribution in [0.4, 0.5) is 0 Å². The van der Waals surface area contributed by atoms with Crippen LogP contribution in [0, 0.1) is 5.92 Å². The number of nitrogens with one attached hydrogen (secondary N) is 2. The zero-order valence-electron chi connectivity index (χ0n) is 14.8. The SMILES string of the molecule is COCC(NC(=NCc1ccccc1)NCC(=O)N(C)C)C1CC1. The zero-order valence-corrected chi connectivity index (χ0v) is 14.8. The van der Waals surface area contributed by atoms with E-state index in [0.29, 0.717) is 25.0 Å². The molecule has 6 heteroatoms. The van der Waals surface area contributed by atoms with E-state index in [0.717, 1.165) is 5.56 Å². The Morgan fingerprint density at radius 2 is 2.04 bits per heavy atom. The van der Waals surface area contributed by atoms with Crippen LogP contribution < -0.4 is 10.6 Å². The van der Waals surface area contributed by atoms with Gasteiger partial charge in [0.2, 0.25) is 5.91 Å². The van der Waals surface area contributed by atoms with Gasteiger partial charge in [-0.1, -0.05) is 30.3 Å². The van der Waals surface area contributed by atoms with E-state index in [4.69, 9.17) is 4.74 Å². The lowest BCUT2D eigenvalue weighted by molar-refractivity contribution is -0.127. The Morgan fingerprint density at radius 3 is 2.62 bits per heavy atom. The smallest absolute Gasteiger partial charge is 0.241 e. The van der Waals surface area contributed by atoms with Crippen molar-refractivity contribution in [1.82, 2.24) is 15.5 Å². The largest absolute Gasteiger partial charge is 0.383 e. The summed E-state index contributed by atoms with van der Waals surface area (Å²) in [5, 5.41) is 6.56. The maximum Gasteiger partial charge on any atom is 0.241 e. The first-order valence-electron chi connectivity index (χ1n) is 8.38. The van der Waals surface area contributed by atoms with E-state index in [1.807, 2.05) is 30.3 Å². The van der Waals surface area contributed by atoms with Crippen LogP contribution in [-0.4, -0.2) is 57.2 Å². The summed E-state index contributed by atoms with van der Waals surface area (Å²) in [4.78, 5) is 18.0. The molecular weight excluding hydrogens is 304 g/mol. The Labute approximate surface area is 144 Å². The molecule has 6 nitrogen and oxygen atoms in total. The second-order valence-electron chi connectivity index (χ2n) is 6.34. The molecule has 0 radical (unpaired) electrons. The number of carbonyl (C=O) groups excluding carboxylic acids is 1. The van der Waals surface area contributed by atoms with Crippen molar-refractivity contribution in [3.63, 3.8) is 0 Å². The van der Waals surface area contributed by atoms with Gasteiger partial charge in [0.25, 0.3) is 0 Å². The number of likely N-dealkylation sites (N-methyl/N-ethyl adjacent to an activating group) is 1. The van der Waals surface area contributed by atoms with Crippen LogP contribution in [0.25, 0.3) is 0 Å². The highest BCUT2D eigenvalue weighted by molar-refractivity contribution is 5.86. The van der Waals surface area contributed by atoms with Crippen LogP contribution in [0.5, 0.6) is 0 Å². The summed E-state index contributed by atoms with van der Waals surface area (Å²) < 4.78 is 5.31. The van der Waals surface area contributed by atoms with Crippen molar-refractivity contribution in [2.24, 2.45) is 10.9 Å². The Bertz CT molecular complexity index is 541. The van der Waals surface area contributed by atoms with Crippen LogP contribution >= 0.6 is 0 Å². The average Bonchev–Trinajstić information content (AvgIpc) is 3.42. The molecule has 1 unspecified atom stereocenters. The van der Waals surface area contributed by atoms with E-state index >= 15 is 0 Å². The van der Waals surface area contributed by atoms with E-state index < -0.39 is 0 Å². The number of hydrogen-bond donors (Lipinski definition) is 2. The molecule has 1 aromatic rings. The molecule has 24 heavy (non-hydrogen) atoms. The molecular formula is C18H28N4O2. The maximum absolute atomic E-state index is 11.8. The predicted octanol–water partition coefficient (Wildman–Crippen LogP) is 1.23. The van der Waals surface area contributed by atoms with Gasteiger partial charge >= 0.3 is 0 Å². The molecule has 1 aliphatic rings. The minimum absolute atomic E-state index is 0.0129. The lowest BCUT2D eigenvalue weighted by Gasteiger charge is -2.21. The summed E-state index contributed by atoms with van der Waals surface area (Å²) in [6, 6.07) is 10.3. The Kier molecular flexibility index (Phi) is 7.06. The third-order valence-electron chi connectivity index (χ3n) is 4.03. The van der Waals surface area contributed by atoms with E-state index in [2.05, 4.69) is 15.6 Å². The minimum atomic E-state index is 0.0129. The van der Waals surface area contributed by atoms with Crippen LogP contribution in [0.15, 0.2) is 35.3 Å². The van der Waals surface area contributed by atoms with Crippen molar-refractivity contribution in [1.29, 1.82) is 0 Å². The molecule has 2 N–H and O–H groups in total. The molecule has 132 valence electrons. The molecule has 1 amide bonds. The molecule has 0 aliphatic heterocycles. The first-order chi connectivity index (χ1) is 11.6. The average molecular weight is 332 g/mol. The zero-order chi connectivity index (χ0) is 17.4. The highest BCUT2D eigenvalue weighted by Gasteiger charge is 2.31. The van der Waals surface area contributed by atoms with Gasteiger partial charge in [0.05, 0.1) is 25.7 Å². The lowest BCUT2D eigenvalue weighted by atomic mass is 10.2.